The first-order valence-electron chi connectivity index (χ1n) is 7.68. The van der Waals surface area contributed by atoms with Crippen molar-refractivity contribution >= 4 is 5.97 Å². The van der Waals surface area contributed by atoms with Gasteiger partial charge in [0.25, 0.3) is 0 Å². The smallest absolute Gasteiger partial charge is 0.354 e. The molecule has 0 rings (SSSR count). The Morgan fingerprint density at radius 3 is 1.77 bits per heavy atom. The van der Waals surface area contributed by atoms with Crippen LogP contribution in [0.15, 0.2) is 0 Å². The third kappa shape index (κ3) is 10.9. The molecule has 0 saturated carbocycles. The molecule has 0 aliphatic carbocycles. The summed E-state index contributed by atoms with van der Waals surface area (Å²) in [5.41, 5.74) is -0.391. The quantitative estimate of drug-likeness (QED) is 0.404. The van der Waals surface area contributed by atoms with Gasteiger partial charge in [0.2, 0.25) is 0 Å². The molecular formula is C15H31NO6. The van der Waals surface area contributed by atoms with Crippen LogP contribution >= 0.6 is 0 Å². The van der Waals surface area contributed by atoms with Gasteiger partial charge in [-0.3, -0.25) is 0 Å². The predicted octanol–water partition coefficient (Wildman–Crippen LogP) is 1.29. The van der Waals surface area contributed by atoms with Gasteiger partial charge < -0.3 is 23.8 Å². The molecule has 0 bridgehead atoms. The van der Waals surface area contributed by atoms with Gasteiger partial charge >= 0.3 is 5.97 Å². The van der Waals surface area contributed by atoms with Crippen LogP contribution in [0.2, 0.25) is 0 Å². The molecule has 0 amide bonds. The van der Waals surface area contributed by atoms with Crippen molar-refractivity contribution < 1.29 is 28.6 Å². The highest BCUT2D eigenvalue weighted by molar-refractivity contribution is 5.75. The molecule has 132 valence electrons. The van der Waals surface area contributed by atoms with E-state index in [2.05, 4.69) is 11.8 Å². The maximum atomic E-state index is 11.5. The fourth-order valence-electron chi connectivity index (χ4n) is 1.64. The van der Waals surface area contributed by atoms with Gasteiger partial charge in [0.15, 0.2) is 6.10 Å². The number of carbonyl (C=O) groups excluding carboxylic acids is 1. The maximum Gasteiger partial charge on any atom is 0.354 e. The van der Waals surface area contributed by atoms with Crippen LogP contribution in [0.4, 0.5) is 0 Å². The minimum atomic E-state index is -0.715. The summed E-state index contributed by atoms with van der Waals surface area (Å²) >= 11 is 0. The monoisotopic (exact) mass is 321 g/mol. The van der Waals surface area contributed by atoms with E-state index in [9.17, 15) is 4.79 Å². The predicted molar refractivity (Wildman–Crippen MR) is 82.2 cm³/mol. The van der Waals surface area contributed by atoms with Crippen molar-refractivity contribution in [3.05, 3.63) is 0 Å². The summed E-state index contributed by atoms with van der Waals surface area (Å²) in [7, 11) is 0. The molecule has 0 radical (unpaired) electrons. The topological polar surface area (TPSA) is 89.2 Å². The minimum Gasteiger partial charge on any atom is -0.379 e. The summed E-state index contributed by atoms with van der Waals surface area (Å²) in [5.74, 6) is 4.33. The lowest BCUT2D eigenvalue weighted by Crippen LogP contribution is -2.40. The van der Waals surface area contributed by atoms with E-state index in [0.717, 1.165) is 13.0 Å². The minimum absolute atomic E-state index is 0.288. The summed E-state index contributed by atoms with van der Waals surface area (Å²) in [4.78, 5) is 15.8. The second kappa shape index (κ2) is 12.8. The van der Waals surface area contributed by atoms with Crippen molar-refractivity contribution in [2.24, 2.45) is 11.3 Å². The molecule has 2 N–H and O–H groups in total. The van der Waals surface area contributed by atoms with Crippen LogP contribution in [-0.2, 0) is 28.6 Å². The first-order chi connectivity index (χ1) is 10.4. The lowest BCUT2D eigenvalue weighted by molar-refractivity contribution is -0.167. The molecule has 0 heterocycles. The van der Waals surface area contributed by atoms with Gasteiger partial charge in [-0.05, 0) is 11.8 Å². The van der Waals surface area contributed by atoms with Crippen LogP contribution in [0, 0.1) is 5.41 Å². The Balaban J connectivity index is 3.56. The van der Waals surface area contributed by atoms with Gasteiger partial charge in [-0.1, -0.05) is 27.7 Å². The number of hydrogen-bond donors (Lipinski definition) is 1. The van der Waals surface area contributed by atoms with Crippen molar-refractivity contribution in [3.8, 4) is 0 Å². The Hall–Kier alpha value is -0.730. The molecule has 0 spiro atoms. The van der Waals surface area contributed by atoms with Crippen molar-refractivity contribution in [2.75, 3.05) is 46.2 Å². The molecular weight excluding hydrogens is 290 g/mol. The van der Waals surface area contributed by atoms with Gasteiger partial charge in [-0.25, -0.2) is 4.79 Å². The first-order valence-corrected chi connectivity index (χ1v) is 7.68. The van der Waals surface area contributed by atoms with E-state index >= 15 is 0 Å². The summed E-state index contributed by atoms with van der Waals surface area (Å²) in [6, 6.07) is 0. The number of hydrogen-bond acceptors (Lipinski definition) is 7. The van der Waals surface area contributed by atoms with E-state index < -0.39 is 17.5 Å². The molecule has 22 heavy (non-hydrogen) atoms. The van der Waals surface area contributed by atoms with E-state index in [1.54, 1.807) is 0 Å². The molecule has 0 aliphatic rings. The zero-order valence-electron chi connectivity index (χ0n) is 14.3. The summed E-state index contributed by atoms with van der Waals surface area (Å²) < 4.78 is 21.5. The van der Waals surface area contributed by atoms with Gasteiger partial charge in [0.1, 0.15) is 0 Å². The molecule has 7 nitrogen and oxygen atoms in total. The normalized spacial score (nSPS) is 13.1. The molecule has 0 fully saturated rings. The van der Waals surface area contributed by atoms with Crippen molar-refractivity contribution in [3.63, 3.8) is 0 Å². The van der Waals surface area contributed by atoms with Crippen LogP contribution in [0.5, 0.6) is 0 Å². The van der Waals surface area contributed by atoms with Gasteiger partial charge in [0, 0.05) is 6.61 Å². The van der Waals surface area contributed by atoms with Crippen LogP contribution in [-0.4, -0.2) is 58.3 Å². The number of ether oxygens (including phenoxy) is 4. The van der Waals surface area contributed by atoms with Crippen molar-refractivity contribution in [2.45, 2.75) is 40.2 Å². The highest BCUT2D eigenvalue weighted by Gasteiger charge is 2.33. The maximum absolute atomic E-state index is 11.5. The van der Waals surface area contributed by atoms with Crippen LogP contribution in [0.3, 0.4) is 0 Å². The average Bonchev–Trinajstić information content (AvgIpc) is 2.46. The Labute approximate surface area is 133 Å². The second-order valence-corrected chi connectivity index (χ2v) is 5.89. The largest absolute Gasteiger partial charge is 0.379 e. The number of nitrogens with two attached hydrogens (primary N) is 1. The Morgan fingerprint density at radius 2 is 1.36 bits per heavy atom. The highest BCUT2D eigenvalue weighted by atomic mass is 16.7. The van der Waals surface area contributed by atoms with E-state index in [4.69, 9.17) is 24.8 Å². The highest BCUT2D eigenvalue weighted by Crippen LogP contribution is 2.22. The Bertz CT molecular complexity index is 280. The van der Waals surface area contributed by atoms with Crippen molar-refractivity contribution in [1.29, 1.82) is 0 Å². The number of carbonyl (C=O) groups is 1. The zero-order valence-corrected chi connectivity index (χ0v) is 14.3. The fraction of sp³-hybridized carbons (Fsp3) is 0.933. The van der Waals surface area contributed by atoms with E-state index in [1.807, 2.05) is 20.8 Å². The molecule has 1 atom stereocenters. The summed E-state index contributed by atoms with van der Waals surface area (Å²) in [5, 5.41) is 0. The van der Waals surface area contributed by atoms with E-state index in [1.165, 1.54) is 0 Å². The molecule has 7 heteroatoms. The third-order valence-corrected chi connectivity index (χ3v) is 2.72. The second-order valence-electron chi connectivity index (χ2n) is 5.89. The fourth-order valence-corrected chi connectivity index (χ4v) is 1.64. The van der Waals surface area contributed by atoms with E-state index in [-0.39, 0.29) is 6.61 Å². The Morgan fingerprint density at radius 1 is 0.909 bits per heavy atom. The van der Waals surface area contributed by atoms with Gasteiger partial charge in [-0.15, -0.1) is 0 Å². The zero-order chi connectivity index (χ0) is 16.8. The van der Waals surface area contributed by atoms with Gasteiger partial charge in [0.05, 0.1) is 39.6 Å². The molecule has 0 aromatic carbocycles. The third-order valence-electron chi connectivity index (χ3n) is 2.72. The molecule has 0 saturated heterocycles. The SMILES string of the molecule is CCCOCCOCCOCCOC(C(=O)ON)C(C)(C)C. The molecule has 0 aromatic heterocycles. The van der Waals surface area contributed by atoms with Gasteiger partial charge in [-0.2, -0.15) is 5.90 Å². The number of rotatable bonds is 13. The van der Waals surface area contributed by atoms with Crippen LogP contribution in [0.1, 0.15) is 34.1 Å². The molecule has 1 unspecified atom stereocenters. The average molecular weight is 321 g/mol. The lowest BCUT2D eigenvalue weighted by Gasteiger charge is -2.27. The van der Waals surface area contributed by atoms with Crippen LogP contribution < -0.4 is 5.90 Å². The van der Waals surface area contributed by atoms with Crippen LogP contribution in [0.25, 0.3) is 0 Å². The Kier molecular flexibility index (Phi) is 12.4. The first kappa shape index (κ1) is 21.3. The van der Waals surface area contributed by atoms with E-state index in [0.29, 0.717) is 33.0 Å². The lowest BCUT2D eigenvalue weighted by atomic mass is 9.89. The van der Waals surface area contributed by atoms with Crippen molar-refractivity contribution in [1.82, 2.24) is 0 Å². The molecule has 0 aliphatic heterocycles. The summed E-state index contributed by atoms with van der Waals surface area (Å²) in [6.07, 6.45) is 0.296. The summed E-state index contributed by atoms with van der Waals surface area (Å²) in [6.45, 7) is 11.3. The standard InChI is InChI=1S/C15H31NO6/c1-5-6-18-7-8-19-9-10-20-11-12-21-13(14(17)22-16)15(2,3)4/h13H,5-12,16H2,1-4H3. The molecule has 0 aromatic rings.